The van der Waals surface area contributed by atoms with Gasteiger partial charge in [-0.05, 0) is 47.5 Å². The first-order valence-electron chi connectivity index (χ1n) is 9.37. The molecule has 0 unspecified atom stereocenters. The van der Waals surface area contributed by atoms with Gasteiger partial charge in [0.05, 0.1) is 16.0 Å². The Balaban J connectivity index is 2.12. The third-order valence-corrected chi connectivity index (χ3v) is 5.73. The third kappa shape index (κ3) is 5.66. The van der Waals surface area contributed by atoms with Crippen molar-refractivity contribution in [3.63, 3.8) is 0 Å². The molecule has 0 saturated heterocycles. The number of nitrogens with zero attached hydrogens (tertiary/aromatic N) is 1. The summed E-state index contributed by atoms with van der Waals surface area (Å²) in [5, 5.41) is 9.86. The van der Waals surface area contributed by atoms with Crippen molar-refractivity contribution in [3.05, 3.63) is 95.3 Å². The van der Waals surface area contributed by atoms with Crippen molar-refractivity contribution < 1.29 is 36.6 Å². The van der Waals surface area contributed by atoms with Gasteiger partial charge in [0.25, 0.3) is 0 Å². The molecule has 0 atom stereocenters. The molecule has 0 fully saturated rings. The minimum absolute atomic E-state index is 0.0114. The van der Waals surface area contributed by atoms with E-state index >= 15 is 0 Å². The van der Waals surface area contributed by atoms with Gasteiger partial charge in [0.15, 0.2) is 21.5 Å². The third-order valence-electron chi connectivity index (χ3n) is 4.60. The van der Waals surface area contributed by atoms with Gasteiger partial charge in [0, 0.05) is 24.2 Å². The lowest BCUT2D eigenvalue weighted by molar-refractivity contribution is -0.130. The lowest BCUT2D eigenvalue weighted by Gasteiger charge is -2.15. The Hall–Kier alpha value is -3.92. The van der Waals surface area contributed by atoms with Crippen LogP contribution in [0.2, 0.25) is 0 Å². The summed E-state index contributed by atoms with van der Waals surface area (Å²) in [7, 11) is -3.52. The average molecular weight is 473 g/mol. The molecule has 0 aliphatic heterocycles. The molecular weight excluding hydrogens is 456 g/mol. The molecule has 1 aromatic heterocycles. The van der Waals surface area contributed by atoms with Crippen molar-refractivity contribution in [1.82, 2.24) is 4.98 Å². The van der Waals surface area contributed by atoms with Crippen LogP contribution < -0.4 is 0 Å². The lowest BCUT2D eigenvalue weighted by Crippen LogP contribution is -2.12. The van der Waals surface area contributed by atoms with Crippen LogP contribution >= 0.6 is 0 Å². The summed E-state index contributed by atoms with van der Waals surface area (Å²) >= 11 is 0. The van der Waals surface area contributed by atoms with Gasteiger partial charge in [-0.1, -0.05) is 18.2 Å². The zero-order valence-corrected chi connectivity index (χ0v) is 18.0. The number of carbonyl (C=O) groups is 2. The van der Waals surface area contributed by atoms with Crippen molar-refractivity contribution >= 4 is 32.9 Å². The van der Waals surface area contributed by atoms with Gasteiger partial charge in [-0.2, -0.15) is 0 Å². The number of aliphatic carboxylic acids is 1. The van der Waals surface area contributed by atoms with Crippen molar-refractivity contribution in [3.8, 4) is 0 Å². The number of carboxylic acids is 1. The van der Waals surface area contributed by atoms with E-state index in [0.717, 1.165) is 18.4 Å². The second kappa shape index (κ2) is 9.70. The molecule has 1 N–H and O–H groups in total. The molecule has 10 heteroatoms. The van der Waals surface area contributed by atoms with Crippen LogP contribution in [0, 0.1) is 11.6 Å². The van der Waals surface area contributed by atoms with E-state index < -0.39 is 45.6 Å². The summed E-state index contributed by atoms with van der Waals surface area (Å²) in [6.07, 6.45) is 3.73. The minimum Gasteiger partial charge on any atom is -0.478 e. The number of carbonyl (C=O) groups excluding carboxylic acids is 1. The highest BCUT2D eigenvalue weighted by atomic mass is 32.2. The Morgan fingerprint density at radius 1 is 0.970 bits per heavy atom. The number of hydrogen-bond donors (Lipinski definition) is 1. The van der Waals surface area contributed by atoms with Crippen molar-refractivity contribution in [2.75, 3.05) is 12.9 Å². The molecule has 3 rings (SSSR count). The summed E-state index contributed by atoms with van der Waals surface area (Å²) in [6, 6.07) is 10.7. The molecule has 1 heterocycles. The molecular formula is C23H17F2NO6S. The molecule has 0 aliphatic carbocycles. The molecule has 0 bridgehead atoms. The highest BCUT2D eigenvalue weighted by Gasteiger charge is 2.22. The number of esters is 1. The van der Waals surface area contributed by atoms with E-state index in [-0.39, 0.29) is 27.2 Å². The second-order valence-electron chi connectivity index (χ2n) is 6.90. The number of rotatable bonds is 7. The van der Waals surface area contributed by atoms with E-state index in [2.05, 4.69) is 4.98 Å². The Labute approximate surface area is 187 Å². The topological polar surface area (TPSA) is 111 Å². The first-order chi connectivity index (χ1) is 15.6. The Kier molecular flexibility index (Phi) is 6.98. The summed E-state index contributed by atoms with van der Waals surface area (Å²) in [4.78, 5) is 28.3. The van der Waals surface area contributed by atoms with Crippen LogP contribution in [0.1, 0.15) is 21.5 Å². The Morgan fingerprint density at radius 3 is 2.18 bits per heavy atom. The maximum Gasteiger partial charge on any atom is 0.340 e. The van der Waals surface area contributed by atoms with Crippen LogP contribution in [0.25, 0.3) is 11.1 Å². The number of aromatic nitrogens is 1. The van der Waals surface area contributed by atoms with Crippen LogP contribution in [0.3, 0.4) is 0 Å². The zero-order chi connectivity index (χ0) is 24.2. The monoisotopic (exact) mass is 473 g/mol. The van der Waals surface area contributed by atoms with Crippen LogP contribution in [-0.4, -0.2) is 43.3 Å². The van der Waals surface area contributed by atoms with Crippen LogP contribution in [0.5, 0.6) is 0 Å². The molecule has 0 saturated carbocycles. The lowest BCUT2D eigenvalue weighted by atomic mass is 9.95. The number of benzene rings is 2. The highest BCUT2D eigenvalue weighted by molar-refractivity contribution is 7.90. The maximum atomic E-state index is 13.8. The van der Waals surface area contributed by atoms with Gasteiger partial charge in [0.1, 0.15) is 6.61 Å². The molecule has 7 nitrogen and oxygen atoms in total. The van der Waals surface area contributed by atoms with E-state index in [1.807, 2.05) is 0 Å². The van der Waals surface area contributed by atoms with Gasteiger partial charge in [-0.25, -0.2) is 26.8 Å². The predicted molar refractivity (Wildman–Crippen MR) is 115 cm³/mol. The zero-order valence-electron chi connectivity index (χ0n) is 17.2. The maximum absolute atomic E-state index is 13.8. The SMILES string of the molecule is CS(=O)(=O)c1ccc(/C(COC(=O)c2cccnc2)=C(/C(=O)O)c2ccc(F)c(F)c2)cc1. The van der Waals surface area contributed by atoms with Crippen LogP contribution in [0.4, 0.5) is 8.78 Å². The van der Waals surface area contributed by atoms with Crippen molar-refractivity contribution in [1.29, 1.82) is 0 Å². The van der Waals surface area contributed by atoms with Gasteiger partial charge in [0.2, 0.25) is 0 Å². The van der Waals surface area contributed by atoms with Gasteiger partial charge >= 0.3 is 11.9 Å². The van der Waals surface area contributed by atoms with Crippen LogP contribution in [0.15, 0.2) is 71.9 Å². The molecule has 0 radical (unpaired) electrons. The molecule has 0 amide bonds. The molecule has 33 heavy (non-hydrogen) atoms. The predicted octanol–water partition coefficient (Wildman–Crippen LogP) is 3.62. The molecule has 0 spiro atoms. The van der Waals surface area contributed by atoms with Gasteiger partial charge in [-0.3, -0.25) is 4.98 Å². The highest BCUT2D eigenvalue weighted by Crippen LogP contribution is 2.29. The Morgan fingerprint density at radius 2 is 1.64 bits per heavy atom. The number of carboxylic acid groups (broad SMARTS) is 1. The van der Waals surface area contributed by atoms with Gasteiger partial charge in [-0.15, -0.1) is 0 Å². The summed E-state index contributed by atoms with van der Waals surface area (Å²) in [6.45, 7) is -0.549. The molecule has 3 aromatic rings. The Bertz CT molecular complexity index is 1340. The van der Waals surface area contributed by atoms with Crippen molar-refractivity contribution in [2.45, 2.75) is 4.90 Å². The molecule has 0 aliphatic rings. The van der Waals surface area contributed by atoms with E-state index in [1.54, 1.807) is 0 Å². The minimum atomic E-state index is -3.52. The van der Waals surface area contributed by atoms with Gasteiger partial charge < -0.3 is 9.84 Å². The quantitative estimate of drug-likeness (QED) is 0.317. The summed E-state index contributed by atoms with van der Waals surface area (Å²) in [5.41, 5.74) is -0.329. The molecule has 2 aromatic carbocycles. The van der Waals surface area contributed by atoms with E-state index in [1.165, 1.54) is 48.8 Å². The second-order valence-corrected chi connectivity index (χ2v) is 8.92. The number of pyridine rings is 1. The van der Waals surface area contributed by atoms with Crippen LogP contribution in [-0.2, 0) is 19.4 Å². The molecule has 170 valence electrons. The fourth-order valence-electron chi connectivity index (χ4n) is 2.99. The fourth-order valence-corrected chi connectivity index (χ4v) is 3.62. The van der Waals surface area contributed by atoms with E-state index in [9.17, 15) is 31.9 Å². The van der Waals surface area contributed by atoms with E-state index in [4.69, 9.17) is 4.74 Å². The van der Waals surface area contributed by atoms with Crippen molar-refractivity contribution in [2.24, 2.45) is 0 Å². The number of ether oxygens (including phenoxy) is 1. The normalized spacial score (nSPS) is 12.1. The first kappa shape index (κ1) is 23.7. The van der Waals surface area contributed by atoms with E-state index in [0.29, 0.717) is 6.07 Å². The number of sulfone groups is 1. The standard InChI is InChI=1S/C23H17F2NO6S/c1-33(30,31)17-7-4-14(5-8-17)18(13-32-23(29)16-3-2-10-26-12-16)21(22(27)28)15-6-9-19(24)20(25)11-15/h2-12H,13H2,1H3,(H,27,28)/b21-18+. The summed E-state index contributed by atoms with van der Waals surface area (Å²) in [5.74, 6) is -4.69. The fraction of sp³-hybridized carbons (Fsp3) is 0.0870. The summed E-state index contributed by atoms with van der Waals surface area (Å²) < 4.78 is 56.0. The smallest absolute Gasteiger partial charge is 0.340 e. The number of hydrogen-bond acceptors (Lipinski definition) is 6. The first-order valence-corrected chi connectivity index (χ1v) is 11.3. The largest absolute Gasteiger partial charge is 0.478 e. The number of halogens is 2. The average Bonchev–Trinajstić information content (AvgIpc) is 2.78.